The van der Waals surface area contributed by atoms with Gasteiger partial charge in [0.2, 0.25) is 0 Å². The van der Waals surface area contributed by atoms with Crippen LogP contribution in [0.3, 0.4) is 0 Å². The fourth-order valence-corrected chi connectivity index (χ4v) is 3.01. The molecule has 4 rings (SSSR count). The Labute approximate surface area is 133 Å². The Hall–Kier alpha value is -2.75. The van der Waals surface area contributed by atoms with Crippen molar-refractivity contribution in [3.63, 3.8) is 0 Å². The molecule has 2 heterocycles. The summed E-state index contributed by atoms with van der Waals surface area (Å²) in [5, 5.41) is 0.956. The summed E-state index contributed by atoms with van der Waals surface area (Å²) < 4.78 is 11.4. The highest BCUT2D eigenvalue weighted by Gasteiger charge is 2.22. The van der Waals surface area contributed by atoms with Gasteiger partial charge in [0, 0.05) is 17.1 Å². The van der Waals surface area contributed by atoms with Crippen molar-refractivity contribution in [1.29, 1.82) is 0 Å². The minimum absolute atomic E-state index is 0.323. The van der Waals surface area contributed by atoms with E-state index in [-0.39, 0.29) is 5.63 Å². The molecule has 1 aliphatic heterocycles. The number of hydrogen-bond acceptors (Lipinski definition) is 4. The minimum Gasteiger partial charge on any atom is -0.473 e. The largest absolute Gasteiger partial charge is 0.473 e. The van der Waals surface area contributed by atoms with Crippen LogP contribution in [0, 0.1) is 13.8 Å². The van der Waals surface area contributed by atoms with Crippen LogP contribution < -0.4 is 15.3 Å². The molecule has 0 N–H and O–H groups in total. The zero-order valence-electron chi connectivity index (χ0n) is 13.1. The summed E-state index contributed by atoms with van der Waals surface area (Å²) in [7, 11) is 0. The Morgan fingerprint density at radius 3 is 2.61 bits per heavy atom. The van der Waals surface area contributed by atoms with Crippen molar-refractivity contribution >= 4 is 16.7 Å². The van der Waals surface area contributed by atoms with Crippen molar-refractivity contribution in [2.24, 2.45) is 0 Å². The Kier molecular flexibility index (Phi) is 3.11. The summed E-state index contributed by atoms with van der Waals surface area (Å²) in [6, 6.07) is 13.8. The lowest BCUT2D eigenvalue weighted by Crippen LogP contribution is -2.32. The lowest BCUT2D eigenvalue weighted by molar-refractivity contribution is 0.289. The summed E-state index contributed by atoms with van der Waals surface area (Å²) in [4.78, 5) is 13.9. The zero-order chi connectivity index (χ0) is 16.0. The van der Waals surface area contributed by atoms with Gasteiger partial charge in [0.1, 0.15) is 11.3 Å². The van der Waals surface area contributed by atoms with Crippen LogP contribution in [0.4, 0.5) is 5.69 Å². The number of aryl methyl sites for hydroxylation is 2. The quantitative estimate of drug-likeness (QED) is 0.642. The number of ether oxygens (including phenoxy) is 1. The number of benzene rings is 2. The van der Waals surface area contributed by atoms with Gasteiger partial charge in [-0.25, -0.2) is 4.79 Å². The number of anilines is 1. The predicted octanol–water partition coefficient (Wildman–Crippen LogP) is 3.77. The van der Waals surface area contributed by atoms with E-state index >= 15 is 0 Å². The smallest absolute Gasteiger partial charge is 0.336 e. The Morgan fingerprint density at radius 2 is 1.83 bits per heavy atom. The van der Waals surface area contributed by atoms with Crippen molar-refractivity contribution in [2.45, 2.75) is 20.4 Å². The first-order valence-corrected chi connectivity index (χ1v) is 7.62. The van der Waals surface area contributed by atoms with Gasteiger partial charge in [-0.1, -0.05) is 17.7 Å². The van der Waals surface area contributed by atoms with E-state index in [1.807, 2.05) is 19.1 Å². The third-order valence-corrected chi connectivity index (χ3v) is 4.30. The first-order chi connectivity index (χ1) is 11.1. The van der Waals surface area contributed by atoms with Crippen molar-refractivity contribution in [3.8, 4) is 5.75 Å². The summed E-state index contributed by atoms with van der Waals surface area (Å²) >= 11 is 0. The van der Waals surface area contributed by atoms with E-state index in [9.17, 15) is 4.79 Å². The van der Waals surface area contributed by atoms with E-state index in [4.69, 9.17) is 9.15 Å². The van der Waals surface area contributed by atoms with Crippen LogP contribution in [0.15, 0.2) is 51.7 Å². The van der Waals surface area contributed by atoms with Gasteiger partial charge >= 0.3 is 5.63 Å². The second-order valence-electron chi connectivity index (χ2n) is 5.97. The monoisotopic (exact) mass is 307 g/mol. The van der Waals surface area contributed by atoms with Crippen molar-refractivity contribution in [1.82, 2.24) is 0 Å². The van der Waals surface area contributed by atoms with E-state index in [1.165, 1.54) is 11.6 Å². The third kappa shape index (κ3) is 2.36. The standard InChI is InChI=1S/C19H17NO3/c1-12-3-5-14(6-4-12)20-10-16-17(22-11-20)8-7-15-13(2)9-18(21)23-19(15)16/h3-9H,10-11H2,1-2H3. The fraction of sp³-hybridized carbons (Fsp3) is 0.211. The van der Waals surface area contributed by atoms with Crippen LogP contribution in [-0.4, -0.2) is 6.73 Å². The molecule has 4 heteroatoms. The van der Waals surface area contributed by atoms with Crippen LogP contribution in [0.25, 0.3) is 11.0 Å². The van der Waals surface area contributed by atoms with E-state index < -0.39 is 0 Å². The topological polar surface area (TPSA) is 42.7 Å². The summed E-state index contributed by atoms with van der Waals surface area (Å²) in [6.45, 7) is 5.13. The molecule has 0 unspecified atom stereocenters. The second-order valence-corrected chi connectivity index (χ2v) is 5.97. The van der Waals surface area contributed by atoms with Gasteiger partial charge in [-0.15, -0.1) is 0 Å². The summed E-state index contributed by atoms with van der Waals surface area (Å²) in [6.07, 6.45) is 0. The average Bonchev–Trinajstić information content (AvgIpc) is 2.55. The maximum Gasteiger partial charge on any atom is 0.336 e. The second kappa shape index (κ2) is 5.16. The van der Waals surface area contributed by atoms with Gasteiger partial charge < -0.3 is 14.1 Å². The molecule has 0 saturated carbocycles. The molecule has 0 fully saturated rings. The van der Waals surface area contributed by atoms with E-state index in [0.717, 1.165) is 28.0 Å². The highest BCUT2D eigenvalue weighted by atomic mass is 16.5. The molecule has 0 aliphatic carbocycles. The van der Waals surface area contributed by atoms with Gasteiger partial charge in [-0.05, 0) is 43.7 Å². The Balaban J connectivity index is 1.82. The van der Waals surface area contributed by atoms with Gasteiger partial charge in [-0.3, -0.25) is 0 Å². The number of nitrogens with zero attached hydrogens (tertiary/aromatic N) is 1. The molecule has 116 valence electrons. The average molecular weight is 307 g/mol. The summed E-state index contributed by atoms with van der Waals surface area (Å²) in [5.74, 6) is 0.787. The molecule has 2 aromatic carbocycles. The molecule has 0 amide bonds. The molecule has 0 radical (unpaired) electrons. The minimum atomic E-state index is -0.323. The van der Waals surface area contributed by atoms with Crippen LogP contribution >= 0.6 is 0 Å². The first-order valence-electron chi connectivity index (χ1n) is 7.62. The van der Waals surface area contributed by atoms with Crippen LogP contribution in [0.1, 0.15) is 16.7 Å². The van der Waals surface area contributed by atoms with Crippen molar-refractivity contribution in [2.75, 3.05) is 11.6 Å². The highest BCUT2D eigenvalue weighted by molar-refractivity contribution is 5.85. The number of hydrogen-bond donors (Lipinski definition) is 0. The molecule has 0 spiro atoms. The maximum atomic E-state index is 11.8. The SMILES string of the molecule is Cc1ccc(N2COc3ccc4c(C)cc(=O)oc4c3C2)cc1. The zero-order valence-corrected chi connectivity index (χ0v) is 13.1. The van der Waals surface area contributed by atoms with Crippen molar-refractivity contribution < 1.29 is 9.15 Å². The third-order valence-electron chi connectivity index (χ3n) is 4.30. The van der Waals surface area contributed by atoms with E-state index in [2.05, 4.69) is 36.1 Å². The lowest BCUT2D eigenvalue weighted by atomic mass is 10.0. The molecule has 3 aromatic rings. The van der Waals surface area contributed by atoms with E-state index in [1.54, 1.807) is 0 Å². The van der Waals surface area contributed by atoms with Crippen LogP contribution in [0.5, 0.6) is 5.75 Å². The Bertz CT molecular complexity index is 941. The van der Waals surface area contributed by atoms with Gasteiger partial charge in [0.25, 0.3) is 0 Å². The molecule has 1 aliphatic rings. The highest BCUT2D eigenvalue weighted by Crippen LogP contribution is 2.34. The number of fused-ring (bicyclic) bond motifs is 3. The predicted molar refractivity (Wildman–Crippen MR) is 90.1 cm³/mol. The molecule has 0 bridgehead atoms. The normalized spacial score (nSPS) is 13.7. The Morgan fingerprint density at radius 1 is 1.04 bits per heavy atom. The van der Waals surface area contributed by atoms with E-state index in [0.29, 0.717) is 18.9 Å². The molecule has 1 aromatic heterocycles. The number of rotatable bonds is 1. The molecule has 4 nitrogen and oxygen atoms in total. The van der Waals surface area contributed by atoms with Crippen LogP contribution in [0.2, 0.25) is 0 Å². The van der Waals surface area contributed by atoms with Gasteiger partial charge in [0.05, 0.1) is 12.1 Å². The molecule has 23 heavy (non-hydrogen) atoms. The van der Waals surface area contributed by atoms with Crippen molar-refractivity contribution in [3.05, 3.63) is 69.6 Å². The molecular formula is C19H17NO3. The molecular weight excluding hydrogens is 290 g/mol. The van der Waals surface area contributed by atoms with Gasteiger partial charge in [0.15, 0.2) is 6.73 Å². The lowest BCUT2D eigenvalue weighted by Gasteiger charge is -2.31. The molecule has 0 atom stereocenters. The fourth-order valence-electron chi connectivity index (χ4n) is 3.01. The first kappa shape index (κ1) is 13.9. The van der Waals surface area contributed by atoms with Gasteiger partial charge in [-0.2, -0.15) is 0 Å². The summed E-state index contributed by atoms with van der Waals surface area (Å²) in [5.41, 5.74) is 4.47. The van der Waals surface area contributed by atoms with Crippen LogP contribution in [-0.2, 0) is 6.54 Å². The maximum absolute atomic E-state index is 11.8. The molecule has 0 saturated heterocycles.